The Labute approximate surface area is 116 Å². The van der Waals surface area contributed by atoms with Crippen LogP contribution in [0.4, 0.5) is 8.78 Å². The summed E-state index contributed by atoms with van der Waals surface area (Å²) in [6, 6.07) is 7.28. The number of rotatable bonds is 6. The molecular formula is C14H19F2NOS. The molecule has 0 spiro atoms. The van der Waals surface area contributed by atoms with Crippen LogP contribution in [-0.2, 0) is 0 Å². The van der Waals surface area contributed by atoms with E-state index in [1.54, 1.807) is 12.1 Å². The summed E-state index contributed by atoms with van der Waals surface area (Å²) in [5.41, 5.74) is 0.911. The normalized spacial score (nSPS) is 19.2. The fourth-order valence-electron chi connectivity index (χ4n) is 2.43. The molecule has 0 bridgehead atoms. The summed E-state index contributed by atoms with van der Waals surface area (Å²) in [7, 11) is 0. The number of aliphatic hydroxyl groups is 1. The molecule has 1 aromatic rings. The zero-order chi connectivity index (χ0) is 13.9. The van der Waals surface area contributed by atoms with E-state index in [0.29, 0.717) is 16.7 Å². The first-order valence-corrected chi connectivity index (χ1v) is 7.36. The molecule has 19 heavy (non-hydrogen) atoms. The van der Waals surface area contributed by atoms with E-state index in [1.165, 1.54) is 0 Å². The van der Waals surface area contributed by atoms with Gasteiger partial charge in [0.25, 0.3) is 5.76 Å². The molecule has 0 saturated heterocycles. The maximum absolute atomic E-state index is 12.2. The lowest BCUT2D eigenvalue weighted by Gasteiger charge is -2.43. The predicted octanol–water partition coefficient (Wildman–Crippen LogP) is 3.57. The molecule has 1 aliphatic carbocycles. The average molecular weight is 287 g/mol. The van der Waals surface area contributed by atoms with Crippen LogP contribution in [0.5, 0.6) is 0 Å². The van der Waals surface area contributed by atoms with Gasteiger partial charge in [-0.05, 0) is 43.9 Å². The summed E-state index contributed by atoms with van der Waals surface area (Å²) in [6.45, 7) is 2.18. The van der Waals surface area contributed by atoms with Gasteiger partial charge < -0.3 is 10.4 Å². The Morgan fingerprint density at radius 1 is 1.32 bits per heavy atom. The Hall–Kier alpha value is -0.650. The third-order valence-corrected chi connectivity index (χ3v) is 4.46. The fourth-order valence-corrected chi connectivity index (χ4v) is 2.93. The quantitative estimate of drug-likeness (QED) is 0.785. The van der Waals surface area contributed by atoms with E-state index >= 15 is 0 Å². The first-order valence-electron chi connectivity index (χ1n) is 6.48. The van der Waals surface area contributed by atoms with Crippen LogP contribution in [0.25, 0.3) is 0 Å². The first-order chi connectivity index (χ1) is 9.04. The highest BCUT2D eigenvalue weighted by atomic mass is 32.2. The highest BCUT2D eigenvalue weighted by Crippen LogP contribution is 2.34. The molecule has 2 nitrogen and oxygen atoms in total. The van der Waals surface area contributed by atoms with Crippen molar-refractivity contribution in [3.8, 4) is 0 Å². The van der Waals surface area contributed by atoms with Gasteiger partial charge in [-0.2, -0.15) is 8.78 Å². The topological polar surface area (TPSA) is 32.3 Å². The van der Waals surface area contributed by atoms with Gasteiger partial charge in [0.05, 0.1) is 6.61 Å². The van der Waals surface area contributed by atoms with E-state index < -0.39 is 5.76 Å². The van der Waals surface area contributed by atoms with Crippen molar-refractivity contribution in [1.82, 2.24) is 5.32 Å². The molecule has 0 aromatic heterocycles. The highest BCUT2D eigenvalue weighted by Gasteiger charge is 2.37. The minimum Gasteiger partial charge on any atom is -0.394 e. The van der Waals surface area contributed by atoms with E-state index in [-0.39, 0.29) is 18.2 Å². The van der Waals surface area contributed by atoms with Crippen LogP contribution in [0.2, 0.25) is 0 Å². The summed E-state index contributed by atoms with van der Waals surface area (Å²) in [5, 5.41) is 12.9. The molecule has 1 aromatic carbocycles. The molecule has 106 valence electrons. The van der Waals surface area contributed by atoms with E-state index in [9.17, 15) is 13.9 Å². The van der Waals surface area contributed by atoms with E-state index in [2.05, 4.69) is 5.32 Å². The minimum atomic E-state index is -2.38. The van der Waals surface area contributed by atoms with Gasteiger partial charge in [-0.15, -0.1) is 0 Å². The Kier molecular flexibility index (Phi) is 4.81. The second-order valence-electron chi connectivity index (χ2n) is 5.11. The lowest BCUT2D eigenvalue weighted by molar-refractivity contribution is 0.0787. The smallest absolute Gasteiger partial charge is 0.288 e. The van der Waals surface area contributed by atoms with E-state index in [0.717, 1.165) is 24.8 Å². The van der Waals surface area contributed by atoms with Gasteiger partial charge in [-0.3, -0.25) is 0 Å². The summed E-state index contributed by atoms with van der Waals surface area (Å²) in [5.74, 6) is -2.38. The van der Waals surface area contributed by atoms with Crippen LogP contribution in [-0.4, -0.2) is 23.0 Å². The monoisotopic (exact) mass is 287 g/mol. The van der Waals surface area contributed by atoms with Gasteiger partial charge in [0.1, 0.15) is 0 Å². The van der Waals surface area contributed by atoms with Gasteiger partial charge in [0.15, 0.2) is 0 Å². The van der Waals surface area contributed by atoms with Crippen LogP contribution in [0, 0.1) is 0 Å². The number of hydrogen-bond donors (Lipinski definition) is 2. The Bertz CT molecular complexity index is 401. The SMILES string of the molecule is CC(NC1(CO)CCC1)c1ccc(SC(F)F)cc1. The van der Waals surface area contributed by atoms with Crippen LogP contribution < -0.4 is 5.32 Å². The first kappa shape index (κ1) is 14.8. The number of alkyl halides is 2. The third-order valence-electron chi connectivity index (χ3n) is 3.74. The molecule has 0 heterocycles. The molecule has 1 unspecified atom stereocenters. The second kappa shape index (κ2) is 6.20. The summed E-state index contributed by atoms with van der Waals surface area (Å²) in [4.78, 5) is 0.575. The average Bonchev–Trinajstić information content (AvgIpc) is 2.34. The molecule has 2 rings (SSSR count). The van der Waals surface area contributed by atoms with Crippen molar-refractivity contribution in [1.29, 1.82) is 0 Å². The van der Waals surface area contributed by atoms with Gasteiger partial charge in [-0.25, -0.2) is 0 Å². The van der Waals surface area contributed by atoms with Gasteiger partial charge >= 0.3 is 0 Å². The third kappa shape index (κ3) is 3.68. The molecule has 0 radical (unpaired) electrons. The molecule has 0 amide bonds. The summed E-state index contributed by atoms with van der Waals surface area (Å²) in [6.07, 6.45) is 3.13. The van der Waals surface area contributed by atoms with Crippen LogP contribution >= 0.6 is 11.8 Å². The maximum atomic E-state index is 12.2. The molecular weight excluding hydrogens is 268 g/mol. The Balaban J connectivity index is 1.97. The lowest BCUT2D eigenvalue weighted by atomic mass is 9.76. The Morgan fingerprint density at radius 2 is 1.95 bits per heavy atom. The molecule has 2 N–H and O–H groups in total. The zero-order valence-corrected chi connectivity index (χ0v) is 11.7. The van der Waals surface area contributed by atoms with Gasteiger partial charge in [-0.1, -0.05) is 23.9 Å². The fraction of sp³-hybridized carbons (Fsp3) is 0.571. The molecule has 0 aliphatic heterocycles. The van der Waals surface area contributed by atoms with Crippen molar-refractivity contribution < 1.29 is 13.9 Å². The molecule has 1 atom stereocenters. The number of halogens is 2. The predicted molar refractivity (Wildman–Crippen MR) is 73.5 cm³/mol. The van der Waals surface area contributed by atoms with Crippen molar-refractivity contribution in [2.24, 2.45) is 0 Å². The van der Waals surface area contributed by atoms with Gasteiger partial charge in [0.2, 0.25) is 0 Å². The molecule has 5 heteroatoms. The number of aliphatic hydroxyl groups excluding tert-OH is 1. The molecule has 1 saturated carbocycles. The van der Waals surface area contributed by atoms with E-state index in [4.69, 9.17) is 0 Å². The van der Waals surface area contributed by atoms with Crippen molar-refractivity contribution in [2.45, 2.75) is 48.4 Å². The largest absolute Gasteiger partial charge is 0.394 e. The van der Waals surface area contributed by atoms with Crippen LogP contribution in [0.1, 0.15) is 37.8 Å². The number of benzene rings is 1. The van der Waals surface area contributed by atoms with Crippen LogP contribution in [0.3, 0.4) is 0 Å². The maximum Gasteiger partial charge on any atom is 0.288 e. The van der Waals surface area contributed by atoms with E-state index in [1.807, 2.05) is 19.1 Å². The minimum absolute atomic E-state index is 0.109. The standard InChI is InChI=1S/C14H19F2NOS/c1-10(17-14(9-18)7-2-8-14)11-3-5-12(6-4-11)19-13(15)16/h3-6,10,13,17-18H,2,7-9H2,1H3. The van der Waals surface area contributed by atoms with Crippen molar-refractivity contribution in [3.63, 3.8) is 0 Å². The van der Waals surface area contributed by atoms with Crippen molar-refractivity contribution >= 4 is 11.8 Å². The summed E-state index contributed by atoms with van der Waals surface area (Å²) >= 11 is 0.558. The second-order valence-corrected chi connectivity index (χ2v) is 6.17. The van der Waals surface area contributed by atoms with Crippen molar-refractivity contribution in [3.05, 3.63) is 29.8 Å². The van der Waals surface area contributed by atoms with Crippen molar-refractivity contribution in [2.75, 3.05) is 6.61 Å². The Morgan fingerprint density at radius 3 is 2.37 bits per heavy atom. The molecule has 1 fully saturated rings. The highest BCUT2D eigenvalue weighted by molar-refractivity contribution is 7.99. The zero-order valence-electron chi connectivity index (χ0n) is 10.9. The number of thioether (sulfide) groups is 1. The van der Waals surface area contributed by atoms with Crippen LogP contribution in [0.15, 0.2) is 29.2 Å². The summed E-state index contributed by atoms with van der Waals surface area (Å²) < 4.78 is 24.4. The lowest BCUT2D eigenvalue weighted by Crippen LogP contribution is -2.54. The number of hydrogen-bond acceptors (Lipinski definition) is 3. The van der Waals surface area contributed by atoms with Gasteiger partial charge in [0, 0.05) is 16.5 Å². The molecule has 1 aliphatic rings. The number of nitrogens with one attached hydrogen (secondary N) is 1.